The molecule has 0 bridgehead atoms. The van der Waals surface area contributed by atoms with Crippen LogP contribution in [-0.2, 0) is 10.0 Å². The van der Waals surface area contributed by atoms with E-state index in [1.807, 2.05) is 59.0 Å². The quantitative estimate of drug-likeness (QED) is 0.425. The van der Waals surface area contributed by atoms with E-state index in [0.29, 0.717) is 49.3 Å². The zero-order valence-corrected chi connectivity index (χ0v) is 24.1. The number of hydrogen-bond donors (Lipinski definition) is 0. The van der Waals surface area contributed by atoms with Crippen molar-refractivity contribution < 1.29 is 17.9 Å². The lowest BCUT2D eigenvalue weighted by Crippen LogP contribution is -2.53. The van der Waals surface area contributed by atoms with Crippen molar-refractivity contribution in [3.8, 4) is 11.4 Å². The fourth-order valence-electron chi connectivity index (χ4n) is 5.38. The molecular weight excluding hydrogens is 561 g/mol. The van der Waals surface area contributed by atoms with Crippen LogP contribution in [0.4, 0.5) is 4.79 Å². The van der Waals surface area contributed by atoms with Crippen LogP contribution in [0.15, 0.2) is 61.2 Å². The van der Waals surface area contributed by atoms with Gasteiger partial charge in [-0.15, -0.1) is 0 Å². The highest BCUT2D eigenvalue weighted by Gasteiger charge is 2.42. The average molecular weight is 593 g/mol. The number of nitrogens with zero attached hydrogens (tertiary/aromatic N) is 5. The summed E-state index contributed by atoms with van der Waals surface area (Å²) in [7, 11) is -3.27. The Labute approximate surface area is 238 Å². The number of ether oxygens (including phenoxy) is 1. The number of carbonyl (C=O) groups excluding carboxylic acids is 1. The molecule has 5 rings (SSSR count). The van der Waals surface area contributed by atoms with Gasteiger partial charge in [0, 0.05) is 69.2 Å². The van der Waals surface area contributed by atoms with Crippen LogP contribution in [0.2, 0.25) is 10.0 Å². The van der Waals surface area contributed by atoms with Gasteiger partial charge in [0.1, 0.15) is 11.9 Å². The van der Waals surface area contributed by atoms with Gasteiger partial charge in [0.15, 0.2) is 0 Å². The van der Waals surface area contributed by atoms with Crippen molar-refractivity contribution >= 4 is 39.3 Å². The van der Waals surface area contributed by atoms with E-state index in [0.717, 1.165) is 17.0 Å². The van der Waals surface area contributed by atoms with Crippen LogP contribution >= 0.6 is 23.2 Å². The van der Waals surface area contributed by atoms with E-state index in [2.05, 4.69) is 4.98 Å². The number of benzene rings is 2. The van der Waals surface area contributed by atoms with Gasteiger partial charge in [0.25, 0.3) is 0 Å². The predicted molar refractivity (Wildman–Crippen MR) is 151 cm³/mol. The summed E-state index contributed by atoms with van der Waals surface area (Å²) >= 11 is 12.6. The number of sulfonamides is 1. The maximum atomic E-state index is 13.5. The molecule has 2 aliphatic heterocycles. The van der Waals surface area contributed by atoms with Crippen LogP contribution in [0.3, 0.4) is 0 Å². The van der Waals surface area contributed by atoms with Crippen LogP contribution in [-0.4, -0.2) is 89.7 Å². The van der Waals surface area contributed by atoms with Gasteiger partial charge in [-0.05, 0) is 48.9 Å². The Bertz CT molecular complexity index is 1410. The van der Waals surface area contributed by atoms with Crippen LogP contribution in [0, 0.1) is 5.92 Å². The van der Waals surface area contributed by atoms with Crippen molar-refractivity contribution in [2.75, 3.05) is 45.5 Å². The first-order chi connectivity index (χ1) is 18.6. The Balaban J connectivity index is 1.32. The second-order valence-corrected chi connectivity index (χ2v) is 12.9. The summed E-state index contributed by atoms with van der Waals surface area (Å²) in [6.45, 7) is 4.35. The standard InChI is InChI=1S/C27H31Cl2N5O4S/c1-19(38-22-6-4-21(5-7-22)32-10-9-30-18-32)23-16-33(17-24(23)20-3-8-25(28)26(29)15-20)27(35)31-11-13-34(14-12-31)39(2,36)37/h3-10,15,18-19,23-24H,11-14,16-17H2,1-2H3/t19-,23+,24+/m1/s1. The maximum absolute atomic E-state index is 13.5. The molecule has 208 valence electrons. The SMILES string of the molecule is C[C@@H](Oc1ccc(-n2ccnc2)cc1)[C@@H]1CN(C(=O)N2CCN(S(C)(=O)=O)CC2)C[C@H]1c1ccc(Cl)c(Cl)c1. The topological polar surface area (TPSA) is 88.0 Å². The molecule has 0 spiro atoms. The zero-order valence-electron chi connectivity index (χ0n) is 21.8. The first kappa shape index (κ1) is 27.8. The van der Waals surface area contributed by atoms with Gasteiger partial charge in [-0.2, -0.15) is 4.31 Å². The first-order valence-corrected chi connectivity index (χ1v) is 15.4. The third-order valence-electron chi connectivity index (χ3n) is 7.55. The molecule has 2 fully saturated rings. The average Bonchev–Trinajstić information content (AvgIpc) is 3.61. The number of aromatic nitrogens is 2. The maximum Gasteiger partial charge on any atom is 0.320 e. The smallest absolute Gasteiger partial charge is 0.320 e. The summed E-state index contributed by atoms with van der Waals surface area (Å²) in [5, 5.41) is 0.951. The molecular formula is C27H31Cl2N5O4S. The summed E-state index contributed by atoms with van der Waals surface area (Å²) in [4.78, 5) is 21.2. The molecule has 0 unspecified atom stereocenters. The summed E-state index contributed by atoms with van der Waals surface area (Å²) in [5.41, 5.74) is 1.98. The highest BCUT2D eigenvalue weighted by atomic mass is 35.5. The predicted octanol–water partition coefficient (Wildman–Crippen LogP) is 4.36. The minimum absolute atomic E-state index is 0.00294. The Hall–Kier alpha value is -2.79. The monoisotopic (exact) mass is 591 g/mol. The molecule has 0 N–H and O–H groups in total. The normalized spacial score (nSPS) is 21.2. The van der Waals surface area contributed by atoms with Crippen molar-refractivity contribution in [2.24, 2.45) is 5.92 Å². The Kier molecular flexibility index (Phi) is 8.09. The van der Waals surface area contributed by atoms with Gasteiger partial charge in [-0.3, -0.25) is 0 Å². The molecule has 3 atom stereocenters. The molecule has 39 heavy (non-hydrogen) atoms. The van der Waals surface area contributed by atoms with Crippen molar-refractivity contribution in [2.45, 2.75) is 18.9 Å². The molecule has 1 aromatic heterocycles. The van der Waals surface area contributed by atoms with Gasteiger partial charge in [-0.1, -0.05) is 29.3 Å². The molecule has 2 aromatic carbocycles. The Morgan fingerprint density at radius 1 is 1.00 bits per heavy atom. The fourth-order valence-corrected chi connectivity index (χ4v) is 6.51. The minimum Gasteiger partial charge on any atom is -0.490 e. The number of amides is 2. The highest BCUT2D eigenvalue weighted by Crippen LogP contribution is 2.39. The molecule has 0 aliphatic carbocycles. The number of likely N-dealkylation sites (tertiary alicyclic amines) is 1. The third-order valence-corrected chi connectivity index (χ3v) is 9.59. The molecule has 0 radical (unpaired) electrons. The van der Waals surface area contributed by atoms with Crippen molar-refractivity contribution in [3.63, 3.8) is 0 Å². The molecule has 2 aliphatic rings. The number of carbonyl (C=O) groups is 1. The van der Waals surface area contributed by atoms with E-state index in [1.165, 1.54) is 10.6 Å². The number of halogens is 2. The number of urea groups is 1. The molecule has 12 heteroatoms. The van der Waals surface area contributed by atoms with Gasteiger partial charge < -0.3 is 19.1 Å². The summed E-state index contributed by atoms with van der Waals surface area (Å²) in [6.07, 6.45) is 6.35. The molecule has 2 amide bonds. The van der Waals surface area contributed by atoms with Crippen molar-refractivity contribution in [1.29, 1.82) is 0 Å². The first-order valence-electron chi connectivity index (χ1n) is 12.8. The van der Waals surface area contributed by atoms with Gasteiger partial charge in [0.05, 0.1) is 22.6 Å². The van der Waals surface area contributed by atoms with E-state index >= 15 is 0 Å². The molecule has 2 saturated heterocycles. The van der Waals surface area contributed by atoms with Crippen LogP contribution in [0.25, 0.3) is 5.69 Å². The third kappa shape index (κ3) is 6.19. The number of imidazole rings is 1. The zero-order chi connectivity index (χ0) is 27.7. The lowest BCUT2D eigenvalue weighted by atomic mass is 9.85. The van der Waals surface area contributed by atoms with E-state index in [4.69, 9.17) is 27.9 Å². The molecule has 3 heterocycles. The molecule has 9 nitrogen and oxygen atoms in total. The molecule has 3 aromatic rings. The van der Waals surface area contributed by atoms with Crippen LogP contribution in [0.5, 0.6) is 5.75 Å². The van der Waals surface area contributed by atoms with E-state index in [-0.39, 0.29) is 24.0 Å². The summed E-state index contributed by atoms with van der Waals surface area (Å²) in [5.74, 6) is 0.721. The molecule has 0 saturated carbocycles. The van der Waals surface area contributed by atoms with Crippen LogP contribution < -0.4 is 4.74 Å². The van der Waals surface area contributed by atoms with Gasteiger partial charge in [0.2, 0.25) is 10.0 Å². The van der Waals surface area contributed by atoms with E-state index in [1.54, 1.807) is 23.5 Å². The second-order valence-electron chi connectivity index (χ2n) is 10.1. The summed E-state index contributed by atoms with van der Waals surface area (Å²) in [6, 6.07) is 13.3. The fraction of sp³-hybridized carbons (Fsp3) is 0.407. The number of piperazine rings is 1. The lowest BCUT2D eigenvalue weighted by Gasteiger charge is -2.35. The van der Waals surface area contributed by atoms with E-state index in [9.17, 15) is 13.2 Å². The number of rotatable bonds is 6. The Morgan fingerprint density at radius 2 is 1.72 bits per heavy atom. The van der Waals surface area contributed by atoms with Gasteiger partial charge in [-0.25, -0.2) is 18.2 Å². The van der Waals surface area contributed by atoms with Crippen molar-refractivity contribution in [3.05, 3.63) is 76.8 Å². The largest absolute Gasteiger partial charge is 0.490 e. The minimum atomic E-state index is -3.27. The second kappa shape index (κ2) is 11.4. The highest BCUT2D eigenvalue weighted by molar-refractivity contribution is 7.88. The van der Waals surface area contributed by atoms with Crippen LogP contribution in [0.1, 0.15) is 18.4 Å². The number of hydrogen-bond acceptors (Lipinski definition) is 5. The van der Waals surface area contributed by atoms with Crippen molar-refractivity contribution in [1.82, 2.24) is 23.7 Å². The van der Waals surface area contributed by atoms with Gasteiger partial charge >= 0.3 is 6.03 Å². The Morgan fingerprint density at radius 3 is 2.33 bits per heavy atom. The summed E-state index contributed by atoms with van der Waals surface area (Å²) < 4.78 is 33.5. The van der Waals surface area contributed by atoms with E-state index < -0.39 is 10.0 Å². The lowest BCUT2D eigenvalue weighted by molar-refractivity contribution is 0.129.